The van der Waals surface area contributed by atoms with Crippen LogP contribution in [-0.4, -0.2) is 16.8 Å². The van der Waals surface area contributed by atoms with Crippen LogP contribution in [0.3, 0.4) is 0 Å². The summed E-state index contributed by atoms with van der Waals surface area (Å²) in [6.07, 6.45) is -3.74. The van der Waals surface area contributed by atoms with Crippen LogP contribution in [-0.2, 0) is 22.2 Å². The minimum absolute atomic E-state index is 0.108. The lowest BCUT2D eigenvalue weighted by Gasteiger charge is -2.27. The van der Waals surface area contributed by atoms with Crippen LogP contribution in [0.4, 0.5) is 18.9 Å². The molecule has 1 saturated heterocycles. The summed E-state index contributed by atoms with van der Waals surface area (Å²) in [5.41, 5.74) is 1.92. The van der Waals surface area contributed by atoms with E-state index in [1.165, 1.54) is 0 Å². The first-order valence-corrected chi connectivity index (χ1v) is 10.8. The van der Waals surface area contributed by atoms with Crippen LogP contribution in [0.15, 0.2) is 78.4 Å². The summed E-state index contributed by atoms with van der Waals surface area (Å²) in [5, 5.41) is 11.1. The molecule has 1 unspecified atom stereocenters. The Hall–Kier alpha value is -3.87. The maximum atomic E-state index is 13.2. The number of amides is 1. The van der Waals surface area contributed by atoms with E-state index >= 15 is 0 Å². The van der Waals surface area contributed by atoms with Crippen molar-refractivity contribution in [2.75, 3.05) is 4.90 Å². The second kappa shape index (κ2) is 8.82. The molecule has 0 aromatic heterocycles. The topological polar surface area (TPSA) is 57.6 Å². The van der Waals surface area contributed by atoms with Gasteiger partial charge in [0.05, 0.1) is 17.2 Å². The first-order valence-electron chi connectivity index (χ1n) is 10.8. The highest BCUT2D eigenvalue weighted by Crippen LogP contribution is 2.43. The Balaban J connectivity index is 1.90. The van der Waals surface area contributed by atoms with Gasteiger partial charge in [0.1, 0.15) is 5.76 Å². The third kappa shape index (κ3) is 4.09. The molecule has 1 heterocycles. The average Bonchev–Trinajstić information content (AvgIpc) is 3.08. The summed E-state index contributed by atoms with van der Waals surface area (Å²) < 4.78 is 39.2. The number of halogens is 3. The number of aliphatic hydroxyl groups is 1. The van der Waals surface area contributed by atoms with Crippen LogP contribution in [0.1, 0.15) is 40.8 Å². The van der Waals surface area contributed by atoms with Crippen molar-refractivity contribution in [1.82, 2.24) is 0 Å². The molecule has 4 rings (SSSR count). The molecular weight excluding hydrogens is 443 g/mol. The van der Waals surface area contributed by atoms with E-state index in [-0.39, 0.29) is 17.0 Å². The standard InChI is InChI=1S/C27H22F3NO3/c1-3-17-8-10-18(11-9-17)24(32)22-23(21-7-5-4-6-16(21)2)31(26(34)25(22)33)20-14-12-19(13-15-20)27(28,29)30/h4-15,23,32H,3H2,1-2H3/b24-22+. The highest BCUT2D eigenvalue weighted by molar-refractivity contribution is 6.51. The first kappa shape index (κ1) is 23.3. The number of ketones is 1. The van der Waals surface area contributed by atoms with Crippen LogP contribution < -0.4 is 4.90 Å². The largest absolute Gasteiger partial charge is 0.507 e. The fraction of sp³-hybridized carbons (Fsp3) is 0.185. The van der Waals surface area contributed by atoms with Gasteiger partial charge in [-0.25, -0.2) is 0 Å². The van der Waals surface area contributed by atoms with Gasteiger partial charge >= 0.3 is 6.18 Å². The fourth-order valence-electron chi connectivity index (χ4n) is 4.15. The highest BCUT2D eigenvalue weighted by Gasteiger charge is 2.47. The molecule has 1 amide bonds. The van der Waals surface area contributed by atoms with Crippen molar-refractivity contribution in [3.8, 4) is 0 Å². The minimum atomic E-state index is -4.53. The van der Waals surface area contributed by atoms with E-state index in [4.69, 9.17) is 0 Å². The molecule has 0 radical (unpaired) electrons. The zero-order valence-corrected chi connectivity index (χ0v) is 18.6. The summed E-state index contributed by atoms with van der Waals surface area (Å²) >= 11 is 0. The molecule has 1 atom stereocenters. The van der Waals surface area contributed by atoms with E-state index in [0.29, 0.717) is 11.1 Å². The van der Waals surface area contributed by atoms with Crippen LogP contribution in [0.5, 0.6) is 0 Å². The van der Waals surface area contributed by atoms with Crippen molar-refractivity contribution < 1.29 is 27.9 Å². The van der Waals surface area contributed by atoms with Gasteiger partial charge in [-0.2, -0.15) is 13.2 Å². The molecule has 1 aliphatic rings. The van der Waals surface area contributed by atoms with Crippen LogP contribution >= 0.6 is 0 Å². The summed E-state index contributed by atoms with van der Waals surface area (Å²) in [4.78, 5) is 27.4. The van der Waals surface area contributed by atoms with Gasteiger partial charge in [0.2, 0.25) is 0 Å². The number of Topliss-reactive ketones (excluding diaryl/α,β-unsaturated/α-hetero) is 1. The van der Waals surface area contributed by atoms with Gasteiger partial charge in [-0.15, -0.1) is 0 Å². The number of benzene rings is 3. The number of hydrogen-bond acceptors (Lipinski definition) is 3. The molecule has 174 valence electrons. The number of alkyl halides is 3. The maximum absolute atomic E-state index is 13.2. The van der Waals surface area contributed by atoms with E-state index < -0.39 is 29.5 Å². The molecule has 1 aliphatic heterocycles. The molecule has 3 aromatic rings. The number of carbonyl (C=O) groups is 2. The highest BCUT2D eigenvalue weighted by atomic mass is 19.4. The Morgan fingerprint density at radius 1 is 0.941 bits per heavy atom. The van der Waals surface area contributed by atoms with E-state index in [9.17, 15) is 27.9 Å². The first-order chi connectivity index (χ1) is 16.1. The molecule has 0 spiro atoms. The third-order valence-corrected chi connectivity index (χ3v) is 6.04. The quantitative estimate of drug-likeness (QED) is 0.283. The van der Waals surface area contributed by atoms with Gasteiger partial charge in [-0.1, -0.05) is 55.5 Å². The monoisotopic (exact) mass is 465 g/mol. The normalized spacial score (nSPS) is 17.9. The molecule has 3 aromatic carbocycles. The minimum Gasteiger partial charge on any atom is -0.507 e. The lowest BCUT2D eigenvalue weighted by Crippen LogP contribution is -2.29. The molecule has 1 N–H and O–H groups in total. The number of anilines is 1. The van der Waals surface area contributed by atoms with Crippen molar-refractivity contribution in [2.24, 2.45) is 0 Å². The van der Waals surface area contributed by atoms with Crippen molar-refractivity contribution in [3.63, 3.8) is 0 Å². The molecule has 7 heteroatoms. The second-order valence-corrected chi connectivity index (χ2v) is 8.12. The van der Waals surface area contributed by atoms with Crippen molar-refractivity contribution in [3.05, 3.63) is 106 Å². The third-order valence-electron chi connectivity index (χ3n) is 6.04. The summed E-state index contributed by atoms with van der Waals surface area (Å²) in [6, 6.07) is 17.1. The Labute approximate surface area is 195 Å². The number of carbonyl (C=O) groups excluding carboxylic acids is 2. The molecule has 34 heavy (non-hydrogen) atoms. The fourth-order valence-corrected chi connectivity index (χ4v) is 4.15. The molecule has 0 aliphatic carbocycles. The molecule has 0 saturated carbocycles. The smallest absolute Gasteiger partial charge is 0.416 e. The maximum Gasteiger partial charge on any atom is 0.416 e. The van der Waals surface area contributed by atoms with Crippen LogP contribution in [0, 0.1) is 6.92 Å². The number of hydrogen-bond donors (Lipinski definition) is 1. The van der Waals surface area contributed by atoms with E-state index in [2.05, 4.69) is 0 Å². The Morgan fingerprint density at radius 2 is 1.56 bits per heavy atom. The van der Waals surface area contributed by atoms with Gasteiger partial charge < -0.3 is 5.11 Å². The van der Waals surface area contributed by atoms with E-state index in [1.807, 2.05) is 19.1 Å². The van der Waals surface area contributed by atoms with E-state index in [1.54, 1.807) is 43.3 Å². The van der Waals surface area contributed by atoms with Crippen LogP contribution in [0.2, 0.25) is 0 Å². The molecular formula is C27H22F3NO3. The average molecular weight is 465 g/mol. The van der Waals surface area contributed by atoms with Gasteiger partial charge in [0, 0.05) is 11.3 Å². The summed E-state index contributed by atoms with van der Waals surface area (Å²) in [6.45, 7) is 3.79. The predicted molar refractivity (Wildman–Crippen MR) is 123 cm³/mol. The number of aliphatic hydroxyl groups excluding tert-OH is 1. The number of rotatable bonds is 4. The molecule has 1 fully saturated rings. The SMILES string of the molecule is CCc1ccc(/C(O)=C2\C(=O)C(=O)N(c3ccc(C(F)(F)F)cc3)C2c2ccccc2C)cc1. The second-order valence-electron chi connectivity index (χ2n) is 8.12. The number of aryl methyl sites for hydroxylation is 2. The Kier molecular flexibility index (Phi) is 6.04. The Bertz CT molecular complexity index is 1280. The van der Waals surface area contributed by atoms with Crippen molar-refractivity contribution >= 4 is 23.1 Å². The van der Waals surface area contributed by atoms with Gasteiger partial charge in [0.15, 0.2) is 0 Å². The lowest BCUT2D eigenvalue weighted by molar-refractivity contribution is -0.137. The zero-order valence-electron chi connectivity index (χ0n) is 18.6. The summed E-state index contributed by atoms with van der Waals surface area (Å²) in [7, 11) is 0. The predicted octanol–water partition coefficient (Wildman–Crippen LogP) is 6.20. The zero-order chi connectivity index (χ0) is 24.6. The van der Waals surface area contributed by atoms with Crippen molar-refractivity contribution in [1.29, 1.82) is 0 Å². The summed E-state index contributed by atoms with van der Waals surface area (Å²) in [5.74, 6) is -2.14. The van der Waals surface area contributed by atoms with Crippen LogP contribution in [0.25, 0.3) is 5.76 Å². The van der Waals surface area contributed by atoms with Gasteiger partial charge in [-0.05, 0) is 54.3 Å². The lowest BCUT2D eigenvalue weighted by atomic mass is 9.92. The van der Waals surface area contributed by atoms with Gasteiger partial charge in [-0.3, -0.25) is 14.5 Å². The van der Waals surface area contributed by atoms with Gasteiger partial charge in [0.25, 0.3) is 11.7 Å². The van der Waals surface area contributed by atoms with Crippen molar-refractivity contribution in [2.45, 2.75) is 32.5 Å². The molecule has 0 bridgehead atoms. The Morgan fingerprint density at radius 3 is 2.12 bits per heavy atom. The van der Waals surface area contributed by atoms with E-state index in [0.717, 1.165) is 46.7 Å². The number of nitrogens with zero attached hydrogens (tertiary/aromatic N) is 1. The molecule has 4 nitrogen and oxygen atoms in total.